The molecule has 14 heterocycles. The molecular formula is C112H104N28O. The highest BCUT2D eigenvalue weighted by atomic mass is 16.5. The fraction of sp³-hybridized carbons (Fsp3) is 0.179. The van der Waals surface area contributed by atoms with E-state index in [9.17, 15) is 0 Å². The molecule has 4 saturated carbocycles. The highest BCUT2D eigenvalue weighted by molar-refractivity contribution is 5.96. The van der Waals surface area contributed by atoms with Crippen LogP contribution in [0.1, 0.15) is 105 Å². The number of nitrogens with two attached hydrogens (primary N) is 8. The molecular weight excluding hydrogens is 1750 g/mol. The van der Waals surface area contributed by atoms with Gasteiger partial charge in [-0.05, 0) is 295 Å². The molecule has 4 fully saturated rings. The van der Waals surface area contributed by atoms with Gasteiger partial charge in [0.2, 0.25) is 0 Å². The molecule has 0 amide bonds. The van der Waals surface area contributed by atoms with Crippen LogP contribution in [0.15, 0.2) is 316 Å². The van der Waals surface area contributed by atoms with Gasteiger partial charge in [0.05, 0.1) is 58.3 Å². The van der Waals surface area contributed by atoms with Gasteiger partial charge in [0.25, 0.3) is 0 Å². The van der Waals surface area contributed by atoms with Crippen molar-refractivity contribution in [1.29, 1.82) is 0 Å². The van der Waals surface area contributed by atoms with E-state index in [1.807, 2.05) is 143 Å². The molecule has 0 bridgehead atoms. The van der Waals surface area contributed by atoms with Crippen LogP contribution in [0.3, 0.4) is 0 Å². The van der Waals surface area contributed by atoms with Crippen LogP contribution in [0.4, 0.5) is 23.3 Å². The van der Waals surface area contributed by atoms with Gasteiger partial charge in [-0.15, -0.1) is 0 Å². The predicted molar refractivity (Wildman–Crippen MR) is 558 cm³/mol. The molecule has 0 aliphatic heterocycles. The Labute approximate surface area is 813 Å². The third-order valence-electron chi connectivity index (χ3n) is 27.9. The van der Waals surface area contributed by atoms with Gasteiger partial charge in [-0.25, -0.2) is 59.8 Å². The van der Waals surface area contributed by atoms with Gasteiger partial charge >= 0.3 is 0 Å². The molecule has 14 aromatic heterocycles. The lowest BCUT2D eigenvalue weighted by Crippen LogP contribution is -2.43. The summed E-state index contributed by atoms with van der Waals surface area (Å²) in [5.74, 6) is 5.27. The Balaban J connectivity index is 0.000000108. The van der Waals surface area contributed by atoms with Gasteiger partial charge in [-0.3, -0.25) is 28.2 Å². The van der Waals surface area contributed by atoms with Crippen molar-refractivity contribution in [2.45, 2.75) is 106 Å². The summed E-state index contributed by atoms with van der Waals surface area (Å²) in [6.07, 6.45) is 26.5. The summed E-state index contributed by atoms with van der Waals surface area (Å²) in [4.78, 5) is 71.1. The summed E-state index contributed by atoms with van der Waals surface area (Å²) in [6, 6.07) is 89.4. The average Bonchev–Trinajstić information content (AvgIpc) is 1.60. The molecule has 4 aliphatic carbocycles. The summed E-state index contributed by atoms with van der Waals surface area (Å²) in [7, 11) is 5.81. The second-order valence-corrected chi connectivity index (χ2v) is 37.2. The minimum atomic E-state index is -0.219. The SMILES string of the molecule is CN(C)Cc1cccc(-c2ccc3nc(-c4cccnc4N)n(-c4ccc(C5(N)CCC5)cc4)c3n2)c1.COc1cccc(-c2ccc3nc(-c4cccnc4N)n(-c4ccc(C5(N)CCC5)cc4)c3n2)c1.Nc1ncccc1-c1nc2ccc(-c3cccc4[nH]ccc34)nc2n1-c1ccc(C2(N)CCC2)cc1.Nc1ncccc1-c1nc2ccc(-c3cnccn3)nc2n1-c1ccc(C2(N)CCC2)cc1. The Bertz CT molecular complexity index is 8230. The Hall–Kier alpha value is -17.0. The molecule has 29 nitrogen and oxygen atoms in total. The van der Waals surface area contributed by atoms with Gasteiger partial charge in [0.1, 0.15) is 56.8 Å². The number of pyridine rings is 8. The first-order chi connectivity index (χ1) is 68.7. The number of benzene rings is 7. The minimum Gasteiger partial charge on any atom is -0.497 e. The first-order valence-corrected chi connectivity index (χ1v) is 47.4. The number of H-pyrrole nitrogens is 1. The predicted octanol–water partition coefficient (Wildman–Crippen LogP) is 19.6. The number of aromatic nitrogens is 19. The fourth-order valence-corrected chi connectivity index (χ4v) is 19.4. The van der Waals surface area contributed by atoms with Crippen LogP contribution < -0.4 is 50.6 Å². The molecule has 698 valence electrons. The molecule has 0 radical (unpaired) electrons. The van der Waals surface area contributed by atoms with Crippen LogP contribution in [0.2, 0.25) is 0 Å². The number of nitrogens with zero attached hydrogens (tertiary/aromatic N) is 19. The molecule has 4 aliphatic rings. The van der Waals surface area contributed by atoms with Crippen LogP contribution in [-0.4, -0.2) is 119 Å². The lowest BCUT2D eigenvalue weighted by atomic mass is 9.73. The Kier molecular flexibility index (Phi) is 23.3. The van der Waals surface area contributed by atoms with Gasteiger partial charge in [0, 0.05) is 122 Å². The summed E-state index contributed by atoms with van der Waals surface area (Å²) < 4.78 is 13.6. The van der Waals surface area contributed by atoms with Crippen LogP contribution in [-0.2, 0) is 28.7 Å². The molecule has 17 N–H and O–H groups in total. The largest absolute Gasteiger partial charge is 0.497 e. The first-order valence-electron chi connectivity index (χ1n) is 47.4. The average molecular weight is 1860 g/mol. The third kappa shape index (κ3) is 17.1. The number of imidazole rings is 4. The van der Waals surface area contributed by atoms with Crippen molar-refractivity contribution in [1.82, 2.24) is 97.9 Å². The fourth-order valence-electron chi connectivity index (χ4n) is 19.4. The number of anilines is 4. The lowest BCUT2D eigenvalue weighted by Gasteiger charge is -2.38. The Morgan fingerprint density at radius 3 is 1.03 bits per heavy atom. The molecule has 0 unspecified atom stereocenters. The maximum Gasteiger partial charge on any atom is 0.165 e. The van der Waals surface area contributed by atoms with Crippen molar-refractivity contribution in [3.8, 4) is 119 Å². The van der Waals surface area contributed by atoms with Crippen molar-refractivity contribution in [3.05, 3.63) is 344 Å². The number of methoxy groups -OCH3 is 1. The summed E-state index contributed by atoms with van der Waals surface area (Å²) >= 11 is 0. The van der Waals surface area contributed by atoms with Crippen molar-refractivity contribution < 1.29 is 4.74 Å². The molecule has 21 aromatic rings. The highest BCUT2D eigenvalue weighted by Gasteiger charge is 2.39. The number of rotatable bonds is 19. The maximum absolute atomic E-state index is 6.59. The topological polar surface area (TPSA) is 437 Å². The standard InChI is InChI=1S/C30H31N7.C29H25N7.C28H26N6O.C25H22N8/c1-36(2)19-20-6-3-7-21(18-20)25-13-14-26-29(34-25)37(28(35-26)24-8-4-17-33-27(24)31)23-11-9-22(10-12-23)30(32)15-5-16-30;30-26-22(5-2-16-33-26)27-35-25-12-11-24(20-4-1-6-23-21(20)13-17-32-23)34-28(25)36(27)19-9-7-18(8-10-19)29(31)14-3-15-29;1-35-21-6-2-5-18(17-21)23-12-13-24-27(32-23)34(26(33-24)22-7-3-16-31-25(22)29)20-10-8-19(9-11-20)28(30)14-4-15-28;26-22-18(3-1-12-30-22)23-32-20-9-8-19(21-15-28-13-14-29-21)31-24(20)33(23)17-6-4-16(5-7-17)25(27)10-2-11-25/h3-4,6-14,17-18H,5,15-16,19,32H2,1-2H3,(H2,31,33);1-2,4-13,16-17,32H,3,14-15,31H2,(H2,30,33);2-3,5-13,16-17H,4,14-15,30H2,1H3,(H2,29,31);1,3-9,12-15H,2,10-11,27H2,(H2,26,30). The summed E-state index contributed by atoms with van der Waals surface area (Å²) in [5.41, 5.74) is 77.5. The minimum absolute atomic E-state index is 0.213. The molecule has 0 atom stereocenters. The number of aromatic amines is 1. The zero-order valence-corrected chi connectivity index (χ0v) is 78.2. The molecule has 0 spiro atoms. The third-order valence-corrected chi connectivity index (χ3v) is 27.9. The monoisotopic (exact) mass is 1860 g/mol. The van der Waals surface area contributed by atoms with Gasteiger partial charge in [0.15, 0.2) is 45.9 Å². The van der Waals surface area contributed by atoms with E-state index < -0.39 is 0 Å². The molecule has 25 rings (SSSR count). The van der Waals surface area contributed by atoms with Crippen molar-refractivity contribution >= 4 is 78.8 Å². The molecule has 29 heteroatoms. The van der Waals surface area contributed by atoms with Gasteiger partial charge < -0.3 is 60.5 Å². The second-order valence-electron chi connectivity index (χ2n) is 37.2. The lowest BCUT2D eigenvalue weighted by molar-refractivity contribution is 0.253. The van der Waals surface area contributed by atoms with E-state index in [1.165, 1.54) is 36.8 Å². The van der Waals surface area contributed by atoms with Crippen LogP contribution in [0.5, 0.6) is 5.75 Å². The highest BCUT2D eigenvalue weighted by Crippen LogP contribution is 2.46. The van der Waals surface area contributed by atoms with Crippen LogP contribution in [0, 0.1) is 0 Å². The number of fused-ring (bicyclic) bond motifs is 5. The number of ether oxygens (including phenoxy) is 1. The van der Waals surface area contributed by atoms with Crippen molar-refractivity contribution in [2.75, 3.05) is 44.1 Å². The maximum atomic E-state index is 6.59. The van der Waals surface area contributed by atoms with E-state index in [4.69, 9.17) is 90.5 Å². The van der Waals surface area contributed by atoms with Crippen molar-refractivity contribution in [2.24, 2.45) is 22.9 Å². The van der Waals surface area contributed by atoms with E-state index in [2.05, 4.69) is 203 Å². The molecule has 0 saturated heterocycles. The van der Waals surface area contributed by atoms with E-state index in [-0.39, 0.29) is 22.2 Å². The number of hydrogen-bond donors (Lipinski definition) is 9. The normalized spacial score (nSPS) is 14.7. The van der Waals surface area contributed by atoms with E-state index in [1.54, 1.807) is 50.5 Å². The van der Waals surface area contributed by atoms with Crippen molar-refractivity contribution in [3.63, 3.8) is 0 Å². The van der Waals surface area contributed by atoms with E-state index in [0.29, 0.717) is 57.9 Å². The van der Waals surface area contributed by atoms with Gasteiger partial charge in [-0.1, -0.05) is 91.0 Å². The summed E-state index contributed by atoms with van der Waals surface area (Å²) in [5, 5.41) is 1.13. The quantitative estimate of drug-likeness (QED) is 0.0363. The second kappa shape index (κ2) is 36.8. The molecule has 141 heavy (non-hydrogen) atoms. The van der Waals surface area contributed by atoms with E-state index >= 15 is 0 Å². The number of hydrogen-bond acceptors (Lipinski definition) is 24. The van der Waals surface area contributed by atoms with Crippen LogP contribution in [0.25, 0.3) is 169 Å². The number of nitrogen functional groups attached to an aromatic ring is 4. The zero-order valence-electron chi connectivity index (χ0n) is 78.2. The number of nitrogens with one attached hydrogen (secondary N) is 1. The Morgan fingerprint density at radius 2 is 0.674 bits per heavy atom. The van der Waals surface area contributed by atoms with Gasteiger partial charge in [-0.2, -0.15) is 0 Å². The first kappa shape index (κ1) is 89.3. The smallest absolute Gasteiger partial charge is 0.165 e. The Morgan fingerprint density at radius 1 is 0.326 bits per heavy atom. The molecule has 7 aromatic carbocycles. The van der Waals surface area contributed by atoms with E-state index in [0.717, 1.165) is 215 Å². The van der Waals surface area contributed by atoms with Crippen LogP contribution >= 0.6 is 0 Å². The zero-order chi connectivity index (χ0) is 96.3. The summed E-state index contributed by atoms with van der Waals surface area (Å²) in [6.45, 7) is 0.868.